The van der Waals surface area contributed by atoms with E-state index in [1.54, 1.807) is 6.07 Å². The van der Waals surface area contributed by atoms with E-state index in [1.807, 2.05) is 0 Å². The second kappa shape index (κ2) is 10.7. The van der Waals surface area contributed by atoms with Gasteiger partial charge >= 0.3 is 6.18 Å². The number of nitrogens with one attached hydrogen (secondary N) is 1. The van der Waals surface area contributed by atoms with E-state index in [2.05, 4.69) is 30.4 Å². The molecule has 0 unspecified atom stereocenters. The van der Waals surface area contributed by atoms with E-state index in [9.17, 15) is 22.8 Å². The Kier molecular flexibility index (Phi) is 7.15. The largest absolute Gasteiger partial charge is 0.482 e. The van der Waals surface area contributed by atoms with Gasteiger partial charge in [0.05, 0.1) is 30.0 Å². The van der Waals surface area contributed by atoms with E-state index in [-0.39, 0.29) is 46.9 Å². The molecule has 0 radical (unpaired) electrons. The average molecular weight is 528 g/mol. The van der Waals surface area contributed by atoms with Gasteiger partial charge in [0.25, 0.3) is 5.56 Å². The summed E-state index contributed by atoms with van der Waals surface area (Å²) in [5, 5.41) is 11.3. The Morgan fingerprint density at radius 3 is 2.58 bits per heavy atom. The number of aromatic nitrogens is 6. The highest BCUT2D eigenvalue weighted by atomic mass is 19.4. The zero-order valence-corrected chi connectivity index (χ0v) is 20.1. The minimum atomic E-state index is -4.61. The van der Waals surface area contributed by atoms with Gasteiger partial charge in [0.1, 0.15) is 18.1 Å². The highest BCUT2D eigenvalue weighted by Crippen LogP contribution is 2.28. The van der Waals surface area contributed by atoms with Crippen LogP contribution in [0.4, 0.5) is 13.2 Å². The van der Waals surface area contributed by atoms with Crippen LogP contribution in [0.25, 0.3) is 16.7 Å². The third kappa shape index (κ3) is 5.70. The number of hydrogen-bond donors (Lipinski definition) is 1. The van der Waals surface area contributed by atoms with Gasteiger partial charge in [-0.25, -0.2) is 9.97 Å². The topological polar surface area (TPSA) is 120 Å². The van der Waals surface area contributed by atoms with Crippen molar-refractivity contribution in [2.24, 2.45) is 0 Å². The molecule has 3 aromatic heterocycles. The first-order chi connectivity index (χ1) is 18.3. The van der Waals surface area contributed by atoms with Gasteiger partial charge in [-0.1, -0.05) is 0 Å². The van der Waals surface area contributed by atoms with Crippen LogP contribution in [0.1, 0.15) is 16.2 Å². The number of rotatable bonds is 8. The summed E-state index contributed by atoms with van der Waals surface area (Å²) in [7, 11) is 0. The lowest BCUT2D eigenvalue weighted by atomic mass is 10.1. The normalized spacial score (nSPS) is 14.6. The molecule has 5 rings (SSSR count). The molecule has 0 spiro atoms. The van der Waals surface area contributed by atoms with Gasteiger partial charge in [0.2, 0.25) is 0 Å². The zero-order chi connectivity index (χ0) is 26.7. The van der Waals surface area contributed by atoms with Crippen LogP contribution in [-0.4, -0.2) is 79.2 Å². The van der Waals surface area contributed by atoms with Crippen LogP contribution in [0, 0.1) is 0 Å². The Balaban J connectivity index is 1.65. The van der Waals surface area contributed by atoms with E-state index in [0.717, 1.165) is 13.1 Å². The van der Waals surface area contributed by atoms with Crippen LogP contribution < -0.4 is 15.6 Å². The molecular formula is C24H23F3N8O3. The van der Waals surface area contributed by atoms with Gasteiger partial charge in [-0.2, -0.15) is 28.2 Å². The lowest BCUT2D eigenvalue weighted by molar-refractivity contribution is -0.153. The lowest BCUT2D eigenvalue weighted by Gasteiger charge is -2.28. The van der Waals surface area contributed by atoms with Crippen LogP contribution in [0.3, 0.4) is 0 Å². The molecule has 38 heavy (non-hydrogen) atoms. The monoisotopic (exact) mass is 528 g/mol. The van der Waals surface area contributed by atoms with Gasteiger partial charge in [0.15, 0.2) is 18.0 Å². The number of hydrogen-bond acceptors (Lipinski definition) is 9. The number of ketones is 1. The molecule has 1 saturated heterocycles. The molecule has 198 valence electrons. The molecule has 0 saturated carbocycles. The summed E-state index contributed by atoms with van der Waals surface area (Å²) in [5.74, 6) is -0.361. The van der Waals surface area contributed by atoms with Gasteiger partial charge in [-0.3, -0.25) is 19.1 Å². The lowest BCUT2D eigenvalue weighted by Crippen LogP contribution is -2.44. The number of Topliss-reactive ketones (excluding diaryl/α,β-unsaturated/α-hetero) is 1. The number of carbonyl (C=O) groups is 1. The number of alkyl halides is 3. The number of ether oxygens (including phenoxy) is 1. The fourth-order valence-electron chi connectivity index (χ4n) is 4.18. The standard InChI is InChI=1S/C24H23F3N8O3/c25-24(26,27)15-38-20-4-3-16(19(36)13-34-30-6-7-31-34)12-18(20)35-21(14-33-10-8-28-9-11-33)32-22-17(23(35)37)2-1-5-29-22/h1-7,12,28H,8-11,13-15H2. The zero-order valence-electron chi connectivity index (χ0n) is 20.1. The molecule has 4 heterocycles. The summed E-state index contributed by atoms with van der Waals surface area (Å²) >= 11 is 0. The van der Waals surface area contributed by atoms with E-state index < -0.39 is 24.1 Å². The number of nitrogens with zero attached hydrogens (tertiary/aromatic N) is 7. The Morgan fingerprint density at radius 1 is 1.08 bits per heavy atom. The van der Waals surface area contributed by atoms with E-state index in [1.165, 1.54) is 52.2 Å². The Bertz CT molecular complexity index is 1500. The maximum atomic E-state index is 13.7. The van der Waals surface area contributed by atoms with E-state index in [4.69, 9.17) is 4.74 Å². The Labute approximate surface area is 213 Å². The maximum absolute atomic E-state index is 13.7. The minimum Gasteiger partial charge on any atom is -0.482 e. The second-order valence-electron chi connectivity index (χ2n) is 8.64. The molecule has 1 fully saturated rings. The van der Waals surface area contributed by atoms with Gasteiger partial charge in [-0.05, 0) is 30.3 Å². The first kappa shape index (κ1) is 25.5. The molecule has 0 atom stereocenters. The SMILES string of the molecule is O=C(Cn1nccn1)c1ccc(OCC(F)(F)F)c(-n2c(CN3CCNCC3)nc3ncccc3c2=O)c1. The van der Waals surface area contributed by atoms with Crippen molar-refractivity contribution in [1.29, 1.82) is 0 Å². The number of pyridine rings is 1. The van der Waals surface area contributed by atoms with Crippen molar-refractivity contribution in [3.8, 4) is 11.4 Å². The Morgan fingerprint density at radius 2 is 1.84 bits per heavy atom. The summed E-state index contributed by atoms with van der Waals surface area (Å²) in [6, 6.07) is 7.04. The molecule has 0 bridgehead atoms. The first-order valence-corrected chi connectivity index (χ1v) is 11.8. The van der Waals surface area contributed by atoms with E-state index in [0.29, 0.717) is 13.1 Å². The Hall–Kier alpha value is -4.17. The summed E-state index contributed by atoms with van der Waals surface area (Å²) in [6.07, 6.45) is -0.265. The predicted molar refractivity (Wildman–Crippen MR) is 129 cm³/mol. The van der Waals surface area contributed by atoms with Crippen LogP contribution in [-0.2, 0) is 13.1 Å². The first-order valence-electron chi connectivity index (χ1n) is 11.8. The van der Waals surface area contributed by atoms with Crippen LogP contribution >= 0.6 is 0 Å². The molecule has 1 aliphatic rings. The second-order valence-corrected chi connectivity index (χ2v) is 8.64. The third-order valence-electron chi connectivity index (χ3n) is 5.95. The van der Waals surface area contributed by atoms with Crippen molar-refractivity contribution in [1.82, 2.24) is 39.7 Å². The van der Waals surface area contributed by atoms with Crippen molar-refractivity contribution in [3.05, 3.63) is 70.7 Å². The van der Waals surface area contributed by atoms with Gasteiger partial charge < -0.3 is 10.1 Å². The molecular weight excluding hydrogens is 505 g/mol. The van der Waals surface area contributed by atoms with Crippen LogP contribution in [0.15, 0.2) is 53.7 Å². The van der Waals surface area contributed by atoms with Crippen molar-refractivity contribution < 1.29 is 22.7 Å². The summed E-state index contributed by atoms with van der Waals surface area (Å²) < 4.78 is 45.5. The van der Waals surface area contributed by atoms with E-state index >= 15 is 0 Å². The average Bonchev–Trinajstić information content (AvgIpc) is 3.41. The molecule has 1 aliphatic heterocycles. The summed E-state index contributed by atoms with van der Waals surface area (Å²) in [6.45, 7) is 1.30. The van der Waals surface area contributed by atoms with Gasteiger partial charge in [0, 0.05) is 37.9 Å². The minimum absolute atomic E-state index is 0.0260. The van der Waals surface area contributed by atoms with Crippen molar-refractivity contribution in [2.75, 3.05) is 32.8 Å². The smallest absolute Gasteiger partial charge is 0.422 e. The highest BCUT2D eigenvalue weighted by molar-refractivity contribution is 5.96. The summed E-state index contributed by atoms with van der Waals surface area (Å²) in [4.78, 5) is 38.8. The number of piperazine rings is 1. The molecule has 4 aromatic rings. The quantitative estimate of drug-likeness (QED) is 0.340. The predicted octanol–water partition coefficient (Wildman–Crippen LogP) is 1.60. The van der Waals surface area contributed by atoms with Gasteiger partial charge in [-0.15, -0.1) is 0 Å². The third-order valence-corrected chi connectivity index (χ3v) is 5.95. The fraction of sp³-hybridized carbons (Fsp3) is 0.333. The van der Waals surface area contributed by atoms with Crippen LogP contribution in [0.2, 0.25) is 0 Å². The molecule has 1 N–H and O–H groups in total. The number of fused-ring (bicyclic) bond motifs is 1. The fourth-order valence-corrected chi connectivity index (χ4v) is 4.18. The number of benzene rings is 1. The van der Waals surface area contributed by atoms with Crippen molar-refractivity contribution >= 4 is 16.8 Å². The number of carbonyl (C=O) groups excluding carboxylic acids is 1. The molecule has 1 aromatic carbocycles. The molecule has 11 nitrogen and oxygen atoms in total. The number of halogens is 3. The van der Waals surface area contributed by atoms with Crippen LogP contribution in [0.5, 0.6) is 5.75 Å². The highest BCUT2D eigenvalue weighted by Gasteiger charge is 2.30. The van der Waals surface area contributed by atoms with Crippen molar-refractivity contribution in [2.45, 2.75) is 19.3 Å². The molecule has 0 aliphatic carbocycles. The summed E-state index contributed by atoms with van der Waals surface area (Å²) in [5.41, 5.74) is -0.207. The molecule has 14 heteroatoms. The molecule has 0 amide bonds. The van der Waals surface area contributed by atoms with Crippen molar-refractivity contribution in [3.63, 3.8) is 0 Å². The maximum Gasteiger partial charge on any atom is 0.422 e.